The molecule has 0 bridgehead atoms. The summed E-state index contributed by atoms with van der Waals surface area (Å²) in [5.74, 6) is -0.352. The number of esters is 1. The number of ether oxygens (including phenoxy) is 3. The summed E-state index contributed by atoms with van der Waals surface area (Å²) in [7, 11) is 4.54. The molecule has 0 saturated heterocycles. The number of rotatable bonds is 7. The first kappa shape index (κ1) is 20.6. The van der Waals surface area contributed by atoms with Gasteiger partial charge in [-0.15, -0.1) is 0 Å². The van der Waals surface area contributed by atoms with Crippen LogP contribution in [0.1, 0.15) is 21.5 Å². The molecule has 2 aromatic carbocycles. The van der Waals surface area contributed by atoms with Gasteiger partial charge in [0.2, 0.25) is 0 Å². The first-order valence-electron chi connectivity index (χ1n) is 8.23. The lowest BCUT2D eigenvalue weighted by Gasteiger charge is -2.17. The molecule has 2 rings (SSSR count). The Morgan fingerprint density at radius 3 is 2.33 bits per heavy atom. The van der Waals surface area contributed by atoms with Gasteiger partial charge in [-0.2, -0.15) is 0 Å². The fourth-order valence-corrected chi connectivity index (χ4v) is 2.70. The number of aryl methyl sites for hydroxylation is 1. The van der Waals surface area contributed by atoms with Gasteiger partial charge >= 0.3 is 5.97 Å². The van der Waals surface area contributed by atoms with Gasteiger partial charge in [0.15, 0.2) is 18.1 Å². The predicted molar refractivity (Wildman–Crippen MR) is 102 cm³/mol. The number of nitrogens with zero attached hydrogens (tertiary/aromatic N) is 1. The second-order valence-electron chi connectivity index (χ2n) is 6.01. The zero-order valence-corrected chi connectivity index (χ0v) is 16.5. The molecule has 27 heavy (non-hydrogen) atoms. The van der Waals surface area contributed by atoms with E-state index in [1.165, 1.54) is 31.3 Å². The highest BCUT2D eigenvalue weighted by Gasteiger charge is 2.18. The van der Waals surface area contributed by atoms with Crippen molar-refractivity contribution < 1.29 is 23.8 Å². The first-order valence-corrected chi connectivity index (χ1v) is 8.61. The molecular formula is C20H22ClNO5. The van der Waals surface area contributed by atoms with Gasteiger partial charge in [-0.25, -0.2) is 4.79 Å². The zero-order valence-electron chi connectivity index (χ0n) is 15.7. The number of halogens is 1. The van der Waals surface area contributed by atoms with Crippen LogP contribution in [0.5, 0.6) is 11.5 Å². The van der Waals surface area contributed by atoms with Crippen LogP contribution in [0.2, 0.25) is 5.02 Å². The molecule has 0 saturated carbocycles. The predicted octanol–water partition coefficient (Wildman–Crippen LogP) is 3.48. The van der Waals surface area contributed by atoms with E-state index in [1.807, 2.05) is 31.2 Å². The molecular weight excluding hydrogens is 370 g/mol. The molecule has 0 heterocycles. The molecule has 0 atom stereocenters. The normalized spacial score (nSPS) is 10.3. The third-order valence-corrected chi connectivity index (χ3v) is 4.24. The molecule has 0 N–H and O–H groups in total. The summed E-state index contributed by atoms with van der Waals surface area (Å²) in [5.41, 5.74) is 2.32. The van der Waals surface area contributed by atoms with Crippen molar-refractivity contribution in [2.45, 2.75) is 13.5 Å². The minimum atomic E-state index is -0.671. The van der Waals surface area contributed by atoms with E-state index in [0.29, 0.717) is 18.0 Å². The number of methoxy groups -OCH3 is 2. The van der Waals surface area contributed by atoms with E-state index in [2.05, 4.69) is 0 Å². The third-order valence-electron chi connectivity index (χ3n) is 3.96. The highest BCUT2D eigenvalue weighted by atomic mass is 35.5. The number of carbonyl (C=O) groups is 2. The first-order chi connectivity index (χ1) is 12.8. The molecule has 0 aliphatic carbocycles. The molecule has 0 aromatic heterocycles. The second-order valence-corrected chi connectivity index (χ2v) is 6.41. The zero-order chi connectivity index (χ0) is 20.0. The fourth-order valence-electron chi connectivity index (χ4n) is 2.41. The van der Waals surface area contributed by atoms with Gasteiger partial charge < -0.3 is 19.1 Å². The number of amides is 1. The van der Waals surface area contributed by atoms with Crippen molar-refractivity contribution in [1.29, 1.82) is 0 Å². The van der Waals surface area contributed by atoms with E-state index in [1.54, 1.807) is 7.05 Å². The van der Waals surface area contributed by atoms with Crippen molar-refractivity contribution in [3.63, 3.8) is 0 Å². The molecule has 0 radical (unpaired) electrons. The van der Waals surface area contributed by atoms with Crippen LogP contribution in [0.25, 0.3) is 0 Å². The molecule has 144 valence electrons. The lowest BCUT2D eigenvalue weighted by Crippen LogP contribution is -2.30. The van der Waals surface area contributed by atoms with Crippen molar-refractivity contribution in [3.8, 4) is 11.5 Å². The Balaban J connectivity index is 1.97. The van der Waals surface area contributed by atoms with Crippen molar-refractivity contribution in [3.05, 3.63) is 58.1 Å². The Hall–Kier alpha value is -2.73. The van der Waals surface area contributed by atoms with Gasteiger partial charge in [-0.3, -0.25) is 4.79 Å². The maximum Gasteiger partial charge on any atom is 0.338 e. The van der Waals surface area contributed by atoms with Crippen molar-refractivity contribution >= 4 is 23.5 Å². The Morgan fingerprint density at radius 1 is 1.07 bits per heavy atom. The molecule has 1 amide bonds. The lowest BCUT2D eigenvalue weighted by molar-refractivity contribution is -0.133. The molecule has 0 aliphatic rings. The molecule has 6 nitrogen and oxygen atoms in total. The van der Waals surface area contributed by atoms with Gasteiger partial charge in [0.1, 0.15) is 0 Å². The molecule has 2 aromatic rings. The monoisotopic (exact) mass is 391 g/mol. The van der Waals surface area contributed by atoms with Gasteiger partial charge in [-0.05, 0) is 24.6 Å². The van der Waals surface area contributed by atoms with Gasteiger partial charge in [-0.1, -0.05) is 41.4 Å². The van der Waals surface area contributed by atoms with Crippen LogP contribution in [-0.4, -0.2) is 44.7 Å². The van der Waals surface area contributed by atoms with Crippen molar-refractivity contribution in [2.75, 3.05) is 27.9 Å². The lowest BCUT2D eigenvalue weighted by atomic mass is 10.1. The topological polar surface area (TPSA) is 65.1 Å². The van der Waals surface area contributed by atoms with Crippen LogP contribution in [0.4, 0.5) is 0 Å². The Morgan fingerprint density at radius 2 is 1.74 bits per heavy atom. The second kappa shape index (κ2) is 9.28. The fraction of sp³-hybridized carbons (Fsp3) is 0.300. The van der Waals surface area contributed by atoms with Crippen LogP contribution >= 0.6 is 11.6 Å². The summed E-state index contributed by atoms with van der Waals surface area (Å²) in [4.78, 5) is 26.0. The van der Waals surface area contributed by atoms with Crippen LogP contribution in [0, 0.1) is 6.92 Å². The Labute approximate surface area is 163 Å². The SMILES string of the molecule is COc1cc(C(=O)OCC(=O)N(C)Cc2ccc(C)cc2)cc(Cl)c1OC. The van der Waals surface area contributed by atoms with Crippen LogP contribution in [0.15, 0.2) is 36.4 Å². The maximum atomic E-state index is 12.2. The average Bonchev–Trinajstić information content (AvgIpc) is 2.66. The standard InChI is InChI=1S/C20H22ClNO5/c1-13-5-7-14(8-6-13)11-22(2)18(23)12-27-20(24)15-9-16(21)19(26-4)17(10-15)25-3/h5-10H,11-12H2,1-4H3. The summed E-state index contributed by atoms with van der Waals surface area (Å²) in [6.45, 7) is 2.06. The third kappa shape index (κ3) is 5.37. The van der Waals surface area contributed by atoms with Gasteiger partial charge in [0.25, 0.3) is 5.91 Å². The summed E-state index contributed by atoms with van der Waals surface area (Å²) in [6, 6.07) is 10.7. The van der Waals surface area contributed by atoms with Crippen molar-refractivity contribution in [1.82, 2.24) is 4.90 Å². The number of likely N-dealkylation sites (N-methyl/N-ethyl adjacent to an activating group) is 1. The van der Waals surface area contributed by atoms with E-state index in [-0.39, 0.29) is 23.1 Å². The molecule has 0 aliphatic heterocycles. The van der Waals surface area contributed by atoms with Gasteiger partial charge in [0, 0.05) is 13.6 Å². The van der Waals surface area contributed by atoms with Crippen LogP contribution in [-0.2, 0) is 16.1 Å². The molecule has 0 spiro atoms. The number of benzene rings is 2. The molecule has 0 fully saturated rings. The molecule has 7 heteroatoms. The summed E-state index contributed by atoms with van der Waals surface area (Å²) in [5, 5.41) is 0.214. The summed E-state index contributed by atoms with van der Waals surface area (Å²) < 4.78 is 15.4. The smallest absolute Gasteiger partial charge is 0.338 e. The highest BCUT2D eigenvalue weighted by molar-refractivity contribution is 6.32. The summed E-state index contributed by atoms with van der Waals surface area (Å²) >= 11 is 6.08. The maximum absolute atomic E-state index is 12.2. The number of carbonyl (C=O) groups excluding carboxylic acids is 2. The minimum absolute atomic E-state index is 0.173. The van der Waals surface area contributed by atoms with Crippen molar-refractivity contribution in [2.24, 2.45) is 0 Å². The molecule has 0 unspecified atom stereocenters. The Bertz CT molecular complexity index is 820. The Kier molecular flexibility index (Phi) is 7.07. The van der Waals surface area contributed by atoms with Gasteiger partial charge in [0.05, 0.1) is 24.8 Å². The van der Waals surface area contributed by atoms with E-state index in [4.69, 9.17) is 25.8 Å². The van der Waals surface area contributed by atoms with E-state index in [0.717, 1.165) is 11.1 Å². The average molecular weight is 392 g/mol. The van der Waals surface area contributed by atoms with E-state index in [9.17, 15) is 9.59 Å². The number of hydrogen-bond donors (Lipinski definition) is 0. The quantitative estimate of drug-likeness (QED) is 0.676. The highest BCUT2D eigenvalue weighted by Crippen LogP contribution is 2.36. The largest absolute Gasteiger partial charge is 0.493 e. The van der Waals surface area contributed by atoms with E-state index < -0.39 is 5.97 Å². The van der Waals surface area contributed by atoms with Crippen LogP contribution in [0.3, 0.4) is 0 Å². The van der Waals surface area contributed by atoms with E-state index >= 15 is 0 Å². The minimum Gasteiger partial charge on any atom is -0.493 e. The van der Waals surface area contributed by atoms with Crippen LogP contribution < -0.4 is 9.47 Å². The number of hydrogen-bond acceptors (Lipinski definition) is 5. The summed E-state index contributed by atoms with van der Waals surface area (Å²) in [6.07, 6.45) is 0.